The molecule has 0 aliphatic rings. The molecule has 0 saturated carbocycles. The third-order valence-corrected chi connectivity index (χ3v) is 4.11. The van der Waals surface area contributed by atoms with Gasteiger partial charge in [0.15, 0.2) is 11.7 Å². The van der Waals surface area contributed by atoms with Crippen molar-refractivity contribution in [3.63, 3.8) is 0 Å². The van der Waals surface area contributed by atoms with E-state index in [1.165, 1.54) is 18.4 Å². The summed E-state index contributed by atoms with van der Waals surface area (Å²) in [5, 5.41) is 4.77. The number of carbonyl (C=O) groups excluding carboxylic acids is 3. The van der Waals surface area contributed by atoms with Gasteiger partial charge < -0.3 is 14.5 Å². The predicted octanol–water partition coefficient (Wildman–Crippen LogP) is 1.98. The molecule has 0 aromatic carbocycles. The van der Waals surface area contributed by atoms with Crippen molar-refractivity contribution in [1.82, 2.24) is 9.97 Å². The first-order valence-corrected chi connectivity index (χ1v) is 7.88. The van der Waals surface area contributed by atoms with Crippen LogP contribution in [0.2, 0.25) is 0 Å². The normalized spacial score (nSPS) is 10.3. The quantitative estimate of drug-likeness (QED) is 0.797. The number of esters is 2. The lowest BCUT2D eigenvalue weighted by atomic mass is 10.1. The summed E-state index contributed by atoms with van der Waals surface area (Å²) in [5.41, 5.74) is 2.10. The second-order valence-corrected chi connectivity index (χ2v) is 5.89. The minimum atomic E-state index is -0.726. The average molecular weight is 351 g/mol. The van der Waals surface area contributed by atoms with Crippen LogP contribution in [0.1, 0.15) is 37.8 Å². The van der Waals surface area contributed by atoms with E-state index in [2.05, 4.69) is 20.0 Å². The Bertz CT molecular complexity index is 793. The Morgan fingerprint density at radius 3 is 2.54 bits per heavy atom. The second-order valence-electron chi connectivity index (χ2n) is 5.03. The molecule has 0 saturated heterocycles. The summed E-state index contributed by atoms with van der Waals surface area (Å²) in [6, 6.07) is 0. The lowest BCUT2D eigenvalue weighted by Gasteiger charge is -2.04. The Labute approximate surface area is 142 Å². The Morgan fingerprint density at radius 1 is 1.25 bits per heavy atom. The number of aromatic amines is 1. The molecule has 0 bridgehead atoms. The molecule has 2 rings (SSSR count). The van der Waals surface area contributed by atoms with E-state index in [1.54, 1.807) is 26.2 Å². The van der Waals surface area contributed by atoms with Crippen LogP contribution in [0, 0.1) is 20.8 Å². The number of carbonyl (C=O) groups is 3. The minimum absolute atomic E-state index is 0.116. The molecule has 0 aliphatic heterocycles. The third-order valence-electron chi connectivity index (χ3n) is 3.23. The third kappa shape index (κ3) is 3.80. The van der Waals surface area contributed by atoms with Crippen LogP contribution >= 0.6 is 11.3 Å². The van der Waals surface area contributed by atoms with Gasteiger partial charge >= 0.3 is 11.9 Å². The molecule has 2 heterocycles. The topological polar surface area (TPSA) is 110 Å². The van der Waals surface area contributed by atoms with Gasteiger partial charge in [-0.2, -0.15) is 0 Å². The van der Waals surface area contributed by atoms with Gasteiger partial charge in [0.05, 0.1) is 18.4 Å². The van der Waals surface area contributed by atoms with Crippen LogP contribution in [-0.2, 0) is 14.3 Å². The van der Waals surface area contributed by atoms with Crippen molar-refractivity contribution in [2.75, 3.05) is 19.0 Å². The molecule has 128 valence electrons. The molecule has 0 radical (unpaired) electrons. The van der Waals surface area contributed by atoms with E-state index in [-0.39, 0.29) is 11.3 Å². The van der Waals surface area contributed by atoms with Gasteiger partial charge in [-0.1, -0.05) is 0 Å². The van der Waals surface area contributed by atoms with Crippen LogP contribution in [0.3, 0.4) is 0 Å². The van der Waals surface area contributed by atoms with Gasteiger partial charge in [0.2, 0.25) is 0 Å². The van der Waals surface area contributed by atoms with Crippen molar-refractivity contribution in [3.8, 4) is 0 Å². The molecule has 0 aliphatic carbocycles. The molecule has 0 spiro atoms. The van der Waals surface area contributed by atoms with Crippen LogP contribution in [-0.4, -0.2) is 41.5 Å². The van der Waals surface area contributed by atoms with Gasteiger partial charge in [-0.15, -0.1) is 11.3 Å². The van der Waals surface area contributed by atoms with Crippen molar-refractivity contribution in [2.45, 2.75) is 20.8 Å². The average Bonchev–Trinajstić information content (AvgIpc) is 3.07. The lowest BCUT2D eigenvalue weighted by molar-refractivity contribution is -0.119. The number of methoxy groups -OCH3 is 1. The van der Waals surface area contributed by atoms with Crippen molar-refractivity contribution in [1.29, 1.82) is 0 Å². The molecule has 24 heavy (non-hydrogen) atoms. The Balaban J connectivity index is 2.00. The number of H-pyrrole nitrogens is 1. The molecule has 0 fully saturated rings. The molecule has 9 heteroatoms. The maximum absolute atomic E-state index is 12.1. The van der Waals surface area contributed by atoms with Crippen molar-refractivity contribution in [3.05, 3.63) is 33.6 Å². The van der Waals surface area contributed by atoms with Crippen molar-refractivity contribution in [2.24, 2.45) is 0 Å². The summed E-state index contributed by atoms with van der Waals surface area (Å²) < 4.78 is 9.65. The first-order chi connectivity index (χ1) is 11.3. The van der Waals surface area contributed by atoms with E-state index in [0.29, 0.717) is 16.4 Å². The summed E-state index contributed by atoms with van der Waals surface area (Å²) in [6.07, 6.45) is 0. The molecule has 8 nitrogen and oxygen atoms in total. The van der Waals surface area contributed by atoms with Crippen LogP contribution in [0.25, 0.3) is 0 Å². The van der Waals surface area contributed by atoms with Crippen molar-refractivity contribution >= 4 is 34.3 Å². The van der Waals surface area contributed by atoms with Crippen LogP contribution < -0.4 is 5.32 Å². The van der Waals surface area contributed by atoms with Crippen LogP contribution in [0.15, 0.2) is 5.38 Å². The molecule has 0 atom stereocenters. The highest BCUT2D eigenvalue weighted by Gasteiger charge is 2.23. The number of aromatic nitrogens is 2. The van der Waals surface area contributed by atoms with Crippen LogP contribution in [0.4, 0.5) is 5.13 Å². The summed E-state index contributed by atoms with van der Waals surface area (Å²) in [6.45, 7) is 4.60. The number of ether oxygens (including phenoxy) is 2. The molecule has 0 unspecified atom stereocenters. The molecule has 2 aromatic heterocycles. The number of nitrogens with zero attached hydrogens (tertiary/aromatic N) is 1. The van der Waals surface area contributed by atoms with Gasteiger partial charge in [-0.05, 0) is 26.3 Å². The molecular formula is C15H17N3O5S. The van der Waals surface area contributed by atoms with E-state index >= 15 is 0 Å². The maximum atomic E-state index is 12.1. The Hall–Kier alpha value is -2.68. The zero-order chi connectivity index (χ0) is 17.9. The fourth-order valence-corrected chi connectivity index (χ4v) is 2.84. The Morgan fingerprint density at radius 2 is 1.96 bits per heavy atom. The highest BCUT2D eigenvalue weighted by molar-refractivity contribution is 7.13. The number of rotatable bonds is 5. The number of nitrogens with one attached hydrogen (secondary N) is 2. The first kappa shape index (κ1) is 17.7. The fourth-order valence-electron chi connectivity index (χ4n) is 2.13. The lowest BCUT2D eigenvalue weighted by Crippen LogP contribution is -2.21. The standard InChI is InChI=1S/C15H17N3O5S/c1-7-6-24-15(16-7)18-10(19)5-23-14(21)12-8(2)11(9(3)17-12)13(20)22-4/h6,17H,5H2,1-4H3,(H,16,18,19). The predicted molar refractivity (Wildman–Crippen MR) is 87.4 cm³/mol. The summed E-state index contributed by atoms with van der Waals surface area (Å²) >= 11 is 1.28. The zero-order valence-corrected chi connectivity index (χ0v) is 14.5. The van der Waals surface area contributed by atoms with Crippen LogP contribution in [0.5, 0.6) is 0 Å². The second kappa shape index (κ2) is 7.26. The molecular weight excluding hydrogens is 334 g/mol. The van der Waals surface area contributed by atoms with E-state index in [4.69, 9.17) is 4.74 Å². The van der Waals surface area contributed by atoms with Crippen molar-refractivity contribution < 1.29 is 23.9 Å². The van der Waals surface area contributed by atoms with Gasteiger partial charge in [-0.25, -0.2) is 14.6 Å². The largest absolute Gasteiger partial charge is 0.465 e. The van der Waals surface area contributed by atoms with E-state index in [0.717, 1.165) is 5.69 Å². The number of anilines is 1. The van der Waals surface area contributed by atoms with E-state index < -0.39 is 24.5 Å². The highest BCUT2D eigenvalue weighted by atomic mass is 32.1. The summed E-state index contributed by atoms with van der Waals surface area (Å²) in [5.74, 6) is -1.76. The molecule has 2 N–H and O–H groups in total. The fraction of sp³-hybridized carbons (Fsp3) is 0.333. The maximum Gasteiger partial charge on any atom is 0.355 e. The van der Waals surface area contributed by atoms with E-state index in [1.807, 2.05) is 0 Å². The highest BCUT2D eigenvalue weighted by Crippen LogP contribution is 2.19. The number of hydrogen-bond donors (Lipinski definition) is 2. The van der Waals surface area contributed by atoms with E-state index in [9.17, 15) is 14.4 Å². The smallest absolute Gasteiger partial charge is 0.355 e. The number of hydrogen-bond acceptors (Lipinski definition) is 7. The number of amides is 1. The Kier molecular flexibility index (Phi) is 5.35. The minimum Gasteiger partial charge on any atom is -0.465 e. The van der Waals surface area contributed by atoms with Gasteiger partial charge in [0.1, 0.15) is 5.69 Å². The SMILES string of the molecule is COC(=O)c1c(C)[nH]c(C(=O)OCC(=O)Nc2nc(C)cs2)c1C. The van der Waals surface area contributed by atoms with Gasteiger partial charge in [0, 0.05) is 11.1 Å². The number of aryl methyl sites for hydroxylation is 2. The molecule has 2 aromatic rings. The monoisotopic (exact) mass is 351 g/mol. The molecule has 1 amide bonds. The van der Waals surface area contributed by atoms with Gasteiger partial charge in [-0.3, -0.25) is 10.1 Å². The summed E-state index contributed by atoms with van der Waals surface area (Å²) in [4.78, 5) is 42.4. The van der Waals surface area contributed by atoms with Gasteiger partial charge in [0.25, 0.3) is 5.91 Å². The first-order valence-electron chi connectivity index (χ1n) is 7.00. The number of thiazole rings is 1. The summed E-state index contributed by atoms with van der Waals surface area (Å²) in [7, 11) is 1.26. The zero-order valence-electron chi connectivity index (χ0n) is 13.7.